The number of nitrogens with one attached hydrogen (secondary N) is 1. The Balaban J connectivity index is 1.96. The summed E-state index contributed by atoms with van der Waals surface area (Å²) in [7, 11) is 0. The average molecular weight is 313 g/mol. The number of H-pyrrole nitrogens is 1. The van der Waals surface area contributed by atoms with Gasteiger partial charge in [-0.05, 0) is 32.1 Å². The number of rotatable bonds is 2. The molecule has 0 spiro atoms. The number of hydrogen-bond acceptors (Lipinski definition) is 4. The van der Waals surface area contributed by atoms with Crippen LogP contribution >= 0.6 is 35.7 Å². The molecule has 2 atom stereocenters. The van der Waals surface area contributed by atoms with Crippen LogP contribution < -0.4 is 0 Å². The van der Waals surface area contributed by atoms with Crippen LogP contribution in [0.25, 0.3) is 0 Å². The van der Waals surface area contributed by atoms with E-state index in [2.05, 4.69) is 23.7 Å². The Morgan fingerprint density at radius 3 is 2.89 bits per heavy atom. The van der Waals surface area contributed by atoms with Gasteiger partial charge in [-0.3, -0.25) is 0 Å². The van der Waals surface area contributed by atoms with Crippen molar-refractivity contribution >= 4 is 35.7 Å². The lowest BCUT2D eigenvalue weighted by Gasteiger charge is -2.30. The molecule has 0 bridgehead atoms. The quantitative estimate of drug-likeness (QED) is 0.824. The van der Waals surface area contributed by atoms with Crippen molar-refractivity contribution in [1.29, 1.82) is 0 Å². The SMILES string of the molecule is CCC1SCCSC1c1nc(=S)c2c([nH]1)CCCC2. The third-order valence-corrected chi connectivity index (χ3v) is 7.54. The maximum Gasteiger partial charge on any atom is 0.133 e. The van der Waals surface area contributed by atoms with Crippen molar-refractivity contribution in [2.24, 2.45) is 0 Å². The monoisotopic (exact) mass is 312 g/mol. The van der Waals surface area contributed by atoms with Crippen molar-refractivity contribution in [1.82, 2.24) is 9.97 Å². The zero-order valence-corrected chi connectivity index (χ0v) is 13.7. The van der Waals surface area contributed by atoms with Crippen molar-refractivity contribution in [2.75, 3.05) is 11.5 Å². The first-order valence-corrected chi connectivity index (χ1v) is 9.65. The van der Waals surface area contributed by atoms with E-state index in [0.717, 1.165) is 23.3 Å². The summed E-state index contributed by atoms with van der Waals surface area (Å²) in [6, 6.07) is 0. The van der Waals surface area contributed by atoms with Gasteiger partial charge in [-0.15, -0.1) is 11.8 Å². The molecule has 3 rings (SSSR count). The molecule has 1 aromatic rings. The van der Waals surface area contributed by atoms with Crippen molar-refractivity contribution in [3.8, 4) is 0 Å². The summed E-state index contributed by atoms with van der Waals surface area (Å²) in [5.41, 5.74) is 2.68. The lowest BCUT2D eigenvalue weighted by Crippen LogP contribution is -2.22. The Morgan fingerprint density at radius 2 is 2.05 bits per heavy atom. The highest BCUT2D eigenvalue weighted by Gasteiger charge is 2.29. The molecular formula is C14H20N2S3. The van der Waals surface area contributed by atoms with Gasteiger partial charge in [-0.1, -0.05) is 19.1 Å². The zero-order valence-electron chi connectivity index (χ0n) is 11.3. The van der Waals surface area contributed by atoms with E-state index >= 15 is 0 Å². The van der Waals surface area contributed by atoms with Gasteiger partial charge in [0.2, 0.25) is 0 Å². The molecule has 19 heavy (non-hydrogen) atoms. The summed E-state index contributed by atoms with van der Waals surface area (Å²) in [6.45, 7) is 2.28. The number of hydrogen-bond donors (Lipinski definition) is 1. The second-order valence-electron chi connectivity index (χ2n) is 5.20. The number of aromatic amines is 1. The lowest BCUT2D eigenvalue weighted by atomic mass is 9.97. The average Bonchev–Trinajstić information content (AvgIpc) is 2.47. The minimum Gasteiger partial charge on any atom is -0.346 e. The standard InChI is InChI=1S/C14H20N2S3/c1-2-11-12(19-8-7-18-11)13-15-10-6-4-3-5-9(10)14(17)16-13/h11-12H,2-8H2,1H3,(H,15,16,17). The molecule has 1 saturated heterocycles. The van der Waals surface area contributed by atoms with E-state index in [9.17, 15) is 0 Å². The number of aryl methyl sites for hydroxylation is 1. The van der Waals surface area contributed by atoms with Crippen LogP contribution in [0.1, 0.15) is 48.5 Å². The summed E-state index contributed by atoms with van der Waals surface area (Å²) in [4.78, 5) is 8.36. The first-order chi connectivity index (χ1) is 9.29. The number of fused-ring (bicyclic) bond motifs is 1. The van der Waals surface area contributed by atoms with Gasteiger partial charge in [0.05, 0.1) is 5.25 Å². The highest BCUT2D eigenvalue weighted by Crippen LogP contribution is 2.43. The smallest absolute Gasteiger partial charge is 0.133 e. The zero-order chi connectivity index (χ0) is 13.2. The van der Waals surface area contributed by atoms with Gasteiger partial charge in [0.1, 0.15) is 10.5 Å². The van der Waals surface area contributed by atoms with Gasteiger partial charge < -0.3 is 4.98 Å². The molecule has 1 N–H and O–H groups in total. The van der Waals surface area contributed by atoms with Crippen molar-refractivity contribution in [3.05, 3.63) is 21.7 Å². The predicted octanol–water partition coefficient (Wildman–Crippen LogP) is 4.32. The van der Waals surface area contributed by atoms with E-state index in [1.54, 1.807) is 0 Å². The van der Waals surface area contributed by atoms with Crippen molar-refractivity contribution < 1.29 is 0 Å². The summed E-state index contributed by atoms with van der Waals surface area (Å²) in [5, 5.41) is 1.18. The van der Waals surface area contributed by atoms with E-state index in [0.29, 0.717) is 10.5 Å². The Bertz CT molecular complexity index is 512. The van der Waals surface area contributed by atoms with E-state index in [1.807, 2.05) is 11.8 Å². The topological polar surface area (TPSA) is 28.7 Å². The van der Waals surface area contributed by atoms with Crippen LogP contribution in [0.5, 0.6) is 0 Å². The maximum absolute atomic E-state index is 5.52. The highest BCUT2D eigenvalue weighted by molar-refractivity contribution is 8.06. The molecule has 0 radical (unpaired) electrons. The Hall–Kier alpha value is -0.0000000000000000555. The molecule has 0 amide bonds. The summed E-state index contributed by atoms with van der Waals surface area (Å²) >= 11 is 9.67. The van der Waals surface area contributed by atoms with Crippen molar-refractivity contribution in [2.45, 2.75) is 49.5 Å². The molecule has 0 aromatic carbocycles. The summed E-state index contributed by atoms with van der Waals surface area (Å²) < 4.78 is 0.856. The second-order valence-corrected chi connectivity index (χ2v) is 8.18. The van der Waals surface area contributed by atoms with Gasteiger partial charge in [-0.2, -0.15) is 11.8 Å². The Labute approximate surface area is 128 Å². The number of nitrogens with zero attached hydrogens (tertiary/aromatic N) is 1. The molecule has 2 unspecified atom stereocenters. The van der Waals surface area contributed by atoms with Crippen LogP contribution in [-0.4, -0.2) is 26.7 Å². The number of aromatic nitrogens is 2. The Morgan fingerprint density at radius 1 is 1.26 bits per heavy atom. The molecule has 1 aliphatic carbocycles. The largest absolute Gasteiger partial charge is 0.346 e. The fourth-order valence-corrected chi connectivity index (χ4v) is 6.27. The molecule has 2 nitrogen and oxygen atoms in total. The molecule has 5 heteroatoms. The molecule has 1 aliphatic heterocycles. The van der Waals surface area contributed by atoms with E-state index in [4.69, 9.17) is 17.2 Å². The van der Waals surface area contributed by atoms with Gasteiger partial charge >= 0.3 is 0 Å². The summed E-state index contributed by atoms with van der Waals surface area (Å²) in [6.07, 6.45) is 6.02. The fourth-order valence-electron chi connectivity index (χ4n) is 2.93. The molecule has 1 fully saturated rings. The molecule has 104 valence electrons. The van der Waals surface area contributed by atoms with Crippen LogP contribution in [0, 0.1) is 4.64 Å². The van der Waals surface area contributed by atoms with Crippen LogP contribution in [0.3, 0.4) is 0 Å². The predicted molar refractivity (Wildman–Crippen MR) is 87.8 cm³/mol. The van der Waals surface area contributed by atoms with Gasteiger partial charge in [-0.25, -0.2) is 4.98 Å². The minimum absolute atomic E-state index is 0.498. The third-order valence-electron chi connectivity index (χ3n) is 3.95. The maximum atomic E-state index is 5.52. The number of thioether (sulfide) groups is 2. The third kappa shape index (κ3) is 2.88. The van der Waals surface area contributed by atoms with Crippen LogP contribution in [0.2, 0.25) is 0 Å². The normalized spacial score (nSPS) is 27.0. The summed E-state index contributed by atoms with van der Waals surface area (Å²) in [5.74, 6) is 3.63. The van der Waals surface area contributed by atoms with Crippen LogP contribution in [0.15, 0.2) is 0 Å². The van der Waals surface area contributed by atoms with Gasteiger partial charge in [0, 0.05) is 28.0 Å². The van der Waals surface area contributed by atoms with E-state index in [-0.39, 0.29) is 0 Å². The van der Waals surface area contributed by atoms with Gasteiger partial charge in [0.25, 0.3) is 0 Å². The van der Waals surface area contributed by atoms with Crippen molar-refractivity contribution in [3.63, 3.8) is 0 Å². The second kappa shape index (κ2) is 6.19. The van der Waals surface area contributed by atoms with Gasteiger partial charge in [0.15, 0.2) is 0 Å². The first-order valence-electron chi connectivity index (χ1n) is 7.14. The fraction of sp³-hybridized carbons (Fsp3) is 0.714. The lowest BCUT2D eigenvalue weighted by molar-refractivity contribution is 0.643. The molecule has 0 saturated carbocycles. The molecule has 1 aromatic heterocycles. The van der Waals surface area contributed by atoms with E-state index in [1.165, 1.54) is 42.0 Å². The molecule has 2 heterocycles. The highest BCUT2D eigenvalue weighted by atomic mass is 32.2. The first kappa shape index (κ1) is 14.0. The van der Waals surface area contributed by atoms with Crippen LogP contribution in [0.4, 0.5) is 0 Å². The molecular weight excluding hydrogens is 292 g/mol. The minimum atomic E-state index is 0.498. The molecule has 2 aliphatic rings. The van der Waals surface area contributed by atoms with E-state index < -0.39 is 0 Å². The van der Waals surface area contributed by atoms with Crippen LogP contribution in [-0.2, 0) is 12.8 Å². The Kier molecular flexibility index (Phi) is 4.54.